The van der Waals surface area contributed by atoms with Gasteiger partial charge in [-0.3, -0.25) is 9.58 Å². The summed E-state index contributed by atoms with van der Waals surface area (Å²) in [4.78, 5) is 12.5. The predicted molar refractivity (Wildman–Crippen MR) is 73.6 cm³/mol. The maximum atomic E-state index is 11.2. The second-order valence-corrected chi connectivity index (χ2v) is 4.83. The van der Waals surface area contributed by atoms with Gasteiger partial charge in [-0.25, -0.2) is 4.79 Å². The SMILES string of the molecule is Cn1cc(-c2ccc3c(c2CO)CCN3C(=O)O)cn1. The zero-order valence-electron chi connectivity index (χ0n) is 11.1. The highest BCUT2D eigenvalue weighted by atomic mass is 16.4. The van der Waals surface area contributed by atoms with Gasteiger partial charge >= 0.3 is 6.09 Å². The molecule has 0 saturated heterocycles. The molecule has 20 heavy (non-hydrogen) atoms. The molecule has 0 radical (unpaired) electrons. The summed E-state index contributed by atoms with van der Waals surface area (Å²) in [5, 5.41) is 23.0. The van der Waals surface area contributed by atoms with Crippen molar-refractivity contribution in [1.82, 2.24) is 9.78 Å². The summed E-state index contributed by atoms with van der Waals surface area (Å²) in [6.07, 6.45) is 3.29. The van der Waals surface area contributed by atoms with Gasteiger partial charge in [-0.2, -0.15) is 5.10 Å². The predicted octanol–water partition coefficient (Wildman–Crippen LogP) is 1.62. The number of nitrogens with zero attached hydrogens (tertiary/aromatic N) is 3. The molecule has 6 heteroatoms. The molecule has 0 aliphatic carbocycles. The molecule has 1 aliphatic heterocycles. The van der Waals surface area contributed by atoms with E-state index >= 15 is 0 Å². The first-order valence-corrected chi connectivity index (χ1v) is 6.37. The van der Waals surface area contributed by atoms with Gasteiger partial charge in [0.1, 0.15) is 0 Å². The number of aryl methyl sites for hydroxylation is 1. The Morgan fingerprint density at radius 2 is 2.25 bits per heavy atom. The third kappa shape index (κ3) is 1.85. The van der Waals surface area contributed by atoms with Crippen LogP contribution in [0.3, 0.4) is 0 Å². The maximum Gasteiger partial charge on any atom is 0.411 e. The van der Waals surface area contributed by atoms with E-state index in [1.807, 2.05) is 19.3 Å². The van der Waals surface area contributed by atoms with Crippen molar-refractivity contribution in [2.45, 2.75) is 13.0 Å². The van der Waals surface area contributed by atoms with Gasteiger partial charge in [0.05, 0.1) is 18.5 Å². The Morgan fingerprint density at radius 3 is 2.85 bits per heavy atom. The van der Waals surface area contributed by atoms with Crippen molar-refractivity contribution in [1.29, 1.82) is 0 Å². The van der Waals surface area contributed by atoms with Crippen LogP contribution in [0.5, 0.6) is 0 Å². The lowest BCUT2D eigenvalue weighted by Crippen LogP contribution is -2.26. The van der Waals surface area contributed by atoms with Gasteiger partial charge in [0.25, 0.3) is 0 Å². The summed E-state index contributed by atoms with van der Waals surface area (Å²) >= 11 is 0. The third-order valence-electron chi connectivity index (χ3n) is 3.69. The molecule has 0 atom stereocenters. The Morgan fingerprint density at radius 1 is 1.45 bits per heavy atom. The summed E-state index contributed by atoms with van der Waals surface area (Å²) in [5.41, 5.74) is 4.21. The van der Waals surface area contributed by atoms with Crippen LogP contribution in [0.2, 0.25) is 0 Å². The monoisotopic (exact) mass is 273 g/mol. The molecule has 0 unspecified atom stereocenters. The molecule has 3 rings (SSSR count). The van der Waals surface area contributed by atoms with Crippen LogP contribution in [0, 0.1) is 0 Å². The van der Waals surface area contributed by atoms with Crippen molar-refractivity contribution >= 4 is 11.8 Å². The number of benzene rings is 1. The highest BCUT2D eigenvalue weighted by molar-refractivity contribution is 5.90. The topological polar surface area (TPSA) is 78.6 Å². The lowest BCUT2D eigenvalue weighted by Gasteiger charge is -2.15. The average Bonchev–Trinajstić information content (AvgIpc) is 3.03. The summed E-state index contributed by atoms with van der Waals surface area (Å²) in [5.74, 6) is 0. The molecular formula is C14H15N3O3. The summed E-state index contributed by atoms with van der Waals surface area (Å²) in [7, 11) is 1.83. The molecule has 0 spiro atoms. The summed E-state index contributed by atoms with van der Waals surface area (Å²) in [6, 6.07) is 3.65. The molecule has 104 valence electrons. The normalized spacial score (nSPS) is 13.6. The molecule has 0 bridgehead atoms. The Hall–Kier alpha value is -2.34. The zero-order valence-corrected chi connectivity index (χ0v) is 11.1. The molecule has 1 aromatic carbocycles. The maximum absolute atomic E-state index is 11.2. The fraction of sp³-hybridized carbons (Fsp3) is 0.286. The minimum Gasteiger partial charge on any atom is -0.465 e. The molecular weight excluding hydrogens is 258 g/mol. The van der Waals surface area contributed by atoms with E-state index in [0.717, 1.165) is 22.3 Å². The summed E-state index contributed by atoms with van der Waals surface area (Å²) in [6.45, 7) is 0.328. The van der Waals surface area contributed by atoms with Crippen LogP contribution in [-0.2, 0) is 20.1 Å². The number of hydrogen-bond donors (Lipinski definition) is 2. The minimum absolute atomic E-state index is 0.110. The van der Waals surface area contributed by atoms with E-state index in [0.29, 0.717) is 18.7 Å². The van der Waals surface area contributed by atoms with Gasteiger partial charge in [0.2, 0.25) is 0 Å². The molecule has 1 aliphatic rings. The van der Waals surface area contributed by atoms with Gasteiger partial charge in [0, 0.05) is 25.4 Å². The van der Waals surface area contributed by atoms with Crippen LogP contribution in [0.1, 0.15) is 11.1 Å². The summed E-state index contributed by atoms with van der Waals surface area (Å²) < 4.78 is 1.70. The Labute approximate surface area is 115 Å². The van der Waals surface area contributed by atoms with E-state index in [-0.39, 0.29) is 6.61 Å². The fourth-order valence-corrected chi connectivity index (χ4v) is 2.77. The van der Waals surface area contributed by atoms with Crippen molar-refractivity contribution in [3.8, 4) is 11.1 Å². The van der Waals surface area contributed by atoms with E-state index in [2.05, 4.69) is 5.10 Å². The lowest BCUT2D eigenvalue weighted by molar-refractivity contribution is 0.202. The molecule has 1 amide bonds. The number of aliphatic hydroxyl groups excluding tert-OH is 1. The van der Waals surface area contributed by atoms with Crippen molar-refractivity contribution < 1.29 is 15.0 Å². The number of fused-ring (bicyclic) bond motifs is 1. The van der Waals surface area contributed by atoms with Gasteiger partial charge in [-0.05, 0) is 29.2 Å². The van der Waals surface area contributed by atoms with Crippen LogP contribution in [0.25, 0.3) is 11.1 Å². The quantitative estimate of drug-likeness (QED) is 0.871. The Balaban J connectivity index is 2.14. The second kappa shape index (κ2) is 4.64. The molecule has 0 saturated carbocycles. The largest absolute Gasteiger partial charge is 0.465 e. The molecule has 6 nitrogen and oxygen atoms in total. The number of hydrogen-bond acceptors (Lipinski definition) is 3. The average molecular weight is 273 g/mol. The fourth-order valence-electron chi connectivity index (χ4n) is 2.77. The smallest absolute Gasteiger partial charge is 0.411 e. The molecule has 2 N–H and O–H groups in total. The van der Waals surface area contributed by atoms with E-state index in [1.54, 1.807) is 16.9 Å². The van der Waals surface area contributed by atoms with Crippen LogP contribution in [0.4, 0.5) is 10.5 Å². The van der Waals surface area contributed by atoms with E-state index in [1.165, 1.54) is 4.90 Å². The molecule has 0 fully saturated rings. The minimum atomic E-state index is -0.957. The van der Waals surface area contributed by atoms with E-state index < -0.39 is 6.09 Å². The molecule has 2 aromatic rings. The number of aliphatic hydroxyl groups is 1. The number of aromatic nitrogens is 2. The standard InChI is InChI=1S/C14H15N3O3/c1-16-7-9(6-15-16)10-2-3-13-11(12(10)8-18)4-5-17(13)14(19)20/h2-3,6-7,18H,4-5,8H2,1H3,(H,19,20). The third-order valence-corrected chi connectivity index (χ3v) is 3.69. The highest BCUT2D eigenvalue weighted by Crippen LogP contribution is 2.36. The first-order valence-electron chi connectivity index (χ1n) is 6.37. The van der Waals surface area contributed by atoms with Gasteiger partial charge in [-0.15, -0.1) is 0 Å². The van der Waals surface area contributed by atoms with Crippen LogP contribution in [-0.4, -0.2) is 32.6 Å². The zero-order chi connectivity index (χ0) is 14.3. The van der Waals surface area contributed by atoms with Crippen molar-refractivity contribution in [3.63, 3.8) is 0 Å². The van der Waals surface area contributed by atoms with Gasteiger partial charge in [0.15, 0.2) is 0 Å². The lowest BCUT2D eigenvalue weighted by atomic mass is 9.96. The Bertz CT molecular complexity index is 678. The second-order valence-electron chi connectivity index (χ2n) is 4.83. The van der Waals surface area contributed by atoms with Gasteiger partial charge in [-0.1, -0.05) is 6.07 Å². The molecule has 2 heterocycles. The van der Waals surface area contributed by atoms with Crippen LogP contribution < -0.4 is 4.90 Å². The van der Waals surface area contributed by atoms with E-state index in [4.69, 9.17) is 5.11 Å². The van der Waals surface area contributed by atoms with Crippen LogP contribution >= 0.6 is 0 Å². The highest BCUT2D eigenvalue weighted by Gasteiger charge is 2.27. The first kappa shape index (κ1) is 12.7. The van der Waals surface area contributed by atoms with E-state index in [9.17, 15) is 9.90 Å². The van der Waals surface area contributed by atoms with Gasteiger partial charge < -0.3 is 10.2 Å². The number of rotatable bonds is 2. The Kier molecular flexibility index (Phi) is 2.94. The molecule has 1 aromatic heterocycles. The van der Waals surface area contributed by atoms with Crippen molar-refractivity contribution in [2.75, 3.05) is 11.4 Å². The number of carbonyl (C=O) groups is 1. The van der Waals surface area contributed by atoms with Crippen molar-refractivity contribution in [3.05, 3.63) is 35.7 Å². The number of anilines is 1. The number of amides is 1. The van der Waals surface area contributed by atoms with Crippen LogP contribution in [0.15, 0.2) is 24.5 Å². The van der Waals surface area contributed by atoms with Crippen molar-refractivity contribution in [2.24, 2.45) is 7.05 Å². The number of carboxylic acid groups (broad SMARTS) is 1. The first-order chi connectivity index (χ1) is 9.61.